The molecule has 0 unspecified atom stereocenters. The average Bonchev–Trinajstić information content (AvgIpc) is 2.85. The number of nitrogens with zero attached hydrogens (tertiary/aromatic N) is 6. The minimum Gasteiger partial charge on any atom is -0.377 e. The number of benzene rings is 1. The summed E-state index contributed by atoms with van der Waals surface area (Å²) in [6.07, 6.45) is 12.9. The second-order valence-corrected chi connectivity index (χ2v) is 10.0. The van der Waals surface area contributed by atoms with Crippen LogP contribution in [0, 0.1) is 0 Å². The van der Waals surface area contributed by atoms with Crippen molar-refractivity contribution in [1.29, 1.82) is 0 Å². The van der Waals surface area contributed by atoms with Crippen LogP contribution in [0.25, 0.3) is 0 Å². The lowest BCUT2D eigenvalue weighted by atomic mass is 10.0. The van der Waals surface area contributed by atoms with Crippen LogP contribution >= 0.6 is 0 Å². The predicted octanol–water partition coefficient (Wildman–Crippen LogP) is 2.89. The maximum absolute atomic E-state index is 2.34. The fourth-order valence-electron chi connectivity index (χ4n) is 4.30. The van der Waals surface area contributed by atoms with Crippen LogP contribution in [0.1, 0.15) is 16.7 Å². The third-order valence-electron chi connectivity index (χ3n) is 6.38. The molecular weight excluding hydrogens is 444 g/mol. The van der Waals surface area contributed by atoms with Gasteiger partial charge in [0.2, 0.25) is 0 Å². The van der Waals surface area contributed by atoms with E-state index in [4.69, 9.17) is 0 Å². The third kappa shape index (κ3) is 6.60. The summed E-state index contributed by atoms with van der Waals surface area (Å²) in [5.41, 5.74) is 7.53. The Morgan fingerprint density at radius 2 is 0.639 bits per heavy atom. The molecule has 4 rings (SSSR count). The van der Waals surface area contributed by atoms with Crippen LogP contribution in [-0.2, 0) is 19.6 Å². The lowest BCUT2D eigenvalue weighted by Gasteiger charge is -2.12. The zero-order valence-corrected chi connectivity index (χ0v) is 22.5. The molecule has 0 aliphatic carbocycles. The van der Waals surface area contributed by atoms with Gasteiger partial charge in [0.05, 0.1) is 0 Å². The van der Waals surface area contributed by atoms with E-state index in [0.717, 1.165) is 19.6 Å². The van der Waals surface area contributed by atoms with E-state index in [-0.39, 0.29) is 0 Å². The standard InChI is InChI=1S/C30H39N6/c1-31(2)28-7-13-34(14-8-28)22-25-19-26(23-35-15-9-29(10-16-35)32(3)4)21-27(20-25)24-36-17-11-30(12-18-36)33(5)6/h7-21H,22-24H2,1-6H3/q+3. The van der Waals surface area contributed by atoms with Gasteiger partial charge in [0.25, 0.3) is 0 Å². The lowest BCUT2D eigenvalue weighted by Crippen LogP contribution is -2.36. The summed E-state index contributed by atoms with van der Waals surface area (Å²) < 4.78 is 6.73. The Morgan fingerprint density at radius 3 is 0.833 bits per heavy atom. The molecule has 0 spiro atoms. The third-order valence-corrected chi connectivity index (χ3v) is 6.38. The summed E-state index contributed by atoms with van der Waals surface area (Å²) in [6.45, 7) is 2.51. The average molecular weight is 484 g/mol. The highest BCUT2D eigenvalue weighted by Crippen LogP contribution is 2.14. The molecule has 0 saturated carbocycles. The van der Waals surface area contributed by atoms with Crippen LogP contribution in [0.15, 0.2) is 91.8 Å². The Kier molecular flexibility index (Phi) is 7.84. The van der Waals surface area contributed by atoms with Crippen LogP contribution in [-0.4, -0.2) is 42.3 Å². The topological polar surface area (TPSA) is 21.4 Å². The van der Waals surface area contributed by atoms with Crippen LogP contribution in [0.2, 0.25) is 0 Å². The first-order valence-corrected chi connectivity index (χ1v) is 12.4. The van der Waals surface area contributed by atoms with Crippen molar-refractivity contribution in [2.75, 3.05) is 57.0 Å². The Labute approximate surface area is 215 Å². The summed E-state index contributed by atoms with van der Waals surface area (Å²) in [5, 5.41) is 0. The monoisotopic (exact) mass is 483 g/mol. The molecule has 0 N–H and O–H groups in total. The molecule has 6 heteroatoms. The van der Waals surface area contributed by atoms with Crippen molar-refractivity contribution in [2.24, 2.45) is 0 Å². The van der Waals surface area contributed by atoms with E-state index in [1.165, 1.54) is 33.8 Å². The lowest BCUT2D eigenvalue weighted by molar-refractivity contribution is -0.690. The summed E-state index contributed by atoms with van der Waals surface area (Å²) in [5.74, 6) is 0. The number of pyridine rings is 3. The fourth-order valence-corrected chi connectivity index (χ4v) is 4.30. The van der Waals surface area contributed by atoms with Gasteiger partial charge in [0, 0.05) is 112 Å². The molecule has 6 nitrogen and oxygen atoms in total. The number of hydrogen-bond donors (Lipinski definition) is 0. The largest absolute Gasteiger partial charge is 0.377 e. The zero-order valence-electron chi connectivity index (χ0n) is 22.5. The van der Waals surface area contributed by atoms with Gasteiger partial charge in [0.1, 0.15) is 0 Å². The Balaban J connectivity index is 1.61. The van der Waals surface area contributed by atoms with Gasteiger partial charge < -0.3 is 14.7 Å². The van der Waals surface area contributed by atoms with Gasteiger partial charge in [-0.2, -0.15) is 0 Å². The van der Waals surface area contributed by atoms with E-state index in [1.807, 2.05) is 0 Å². The number of rotatable bonds is 9. The quantitative estimate of drug-likeness (QED) is 0.342. The van der Waals surface area contributed by atoms with Crippen molar-refractivity contribution >= 4 is 17.1 Å². The fraction of sp³-hybridized carbons (Fsp3) is 0.300. The number of hydrogen-bond acceptors (Lipinski definition) is 3. The maximum atomic E-state index is 2.34. The molecule has 0 fully saturated rings. The van der Waals surface area contributed by atoms with Gasteiger partial charge in [-0.05, 0) is 18.2 Å². The van der Waals surface area contributed by atoms with E-state index in [2.05, 4.69) is 162 Å². The second kappa shape index (κ2) is 11.2. The van der Waals surface area contributed by atoms with Crippen molar-refractivity contribution in [3.63, 3.8) is 0 Å². The molecule has 0 bridgehead atoms. The highest BCUT2D eigenvalue weighted by molar-refractivity contribution is 5.43. The van der Waals surface area contributed by atoms with E-state index in [0.29, 0.717) is 0 Å². The Bertz CT molecular complexity index is 1090. The van der Waals surface area contributed by atoms with Crippen LogP contribution < -0.4 is 28.4 Å². The highest BCUT2D eigenvalue weighted by Gasteiger charge is 2.13. The summed E-state index contributed by atoms with van der Waals surface area (Å²) >= 11 is 0. The van der Waals surface area contributed by atoms with E-state index < -0.39 is 0 Å². The molecule has 0 radical (unpaired) electrons. The van der Waals surface area contributed by atoms with Gasteiger partial charge in [-0.25, -0.2) is 13.7 Å². The maximum Gasteiger partial charge on any atom is 0.173 e. The van der Waals surface area contributed by atoms with Crippen LogP contribution in [0.4, 0.5) is 17.1 Å². The van der Waals surface area contributed by atoms with E-state index >= 15 is 0 Å². The molecule has 36 heavy (non-hydrogen) atoms. The molecule has 3 heterocycles. The molecule has 1 aromatic carbocycles. The molecule has 0 saturated heterocycles. The van der Waals surface area contributed by atoms with Gasteiger partial charge in [-0.1, -0.05) is 0 Å². The van der Waals surface area contributed by atoms with Crippen molar-refractivity contribution in [3.05, 3.63) is 108 Å². The molecule has 0 atom stereocenters. The first kappa shape index (κ1) is 25.2. The van der Waals surface area contributed by atoms with Gasteiger partial charge in [0.15, 0.2) is 56.8 Å². The molecule has 0 amide bonds. The number of anilines is 3. The predicted molar refractivity (Wildman–Crippen MR) is 147 cm³/mol. The Hall–Kier alpha value is -3.93. The zero-order chi connectivity index (χ0) is 25.7. The van der Waals surface area contributed by atoms with Gasteiger partial charge in [-0.3, -0.25) is 0 Å². The van der Waals surface area contributed by atoms with Crippen molar-refractivity contribution in [1.82, 2.24) is 0 Å². The smallest absolute Gasteiger partial charge is 0.173 e. The molecule has 0 aliphatic rings. The second-order valence-electron chi connectivity index (χ2n) is 10.0. The first-order chi connectivity index (χ1) is 17.3. The SMILES string of the molecule is CN(C)c1cc[n+](Cc2cc(C[n+]3ccc(N(C)C)cc3)cc(C[n+]3ccc(N(C)C)cc3)c2)cc1. The van der Waals surface area contributed by atoms with Crippen molar-refractivity contribution in [2.45, 2.75) is 19.6 Å². The molecule has 0 aliphatic heterocycles. The Morgan fingerprint density at radius 1 is 0.417 bits per heavy atom. The minimum absolute atomic E-state index is 0.836. The summed E-state index contributed by atoms with van der Waals surface area (Å²) in [6, 6.07) is 20.0. The molecule has 3 aromatic heterocycles. The van der Waals surface area contributed by atoms with E-state index in [1.54, 1.807) is 0 Å². The van der Waals surface area contributed by atoms with Crippen molar-refractivity contribution in [3.8, 4) is 0 Å². The normalized spacial score (nSPS) is 10.8. The highest BCUT2D eigenvalue weighted by atomic mass is 15.1. The first-order valence-electron chi connectivity index (χ1n) is 12.4. The molecule has 186 valence electrons. The van der Waals surface area contributed by atoms with Gasteiger partial charge in [-0.15, -0.1) is 0 Å². The minimum atomic E-state index is 0.836. The van der Waals surface area contributed by atoms with Crippen molar-refractivity contribution < 1.29 is 13.7 Å². The van der Waals surface area contributed by atoms with E-state index in [9.17, 15) is 0 Å². The molecular formula is C30H39N6+3. The number of aromatic nitrogens is 3. The van der Waals surface area contributed by atoms with Crippen LogP contribution in [0.3, 0.4) is 0 Å². The summed E-state index contributed by atoms with van der Waals surface area (Å²) in [4.78, 5) is 6.38. The van der Waals surface area contributed by atoms with Crippen LogP contribution in [0.5, 0.6) is 0 Å². The molecule has 4 aromatic rings. The van der Waals surface area contributed by atoms with Gasteiger partial charge >= 0.3 is 0 Å². The summed E-state index contributed by atoms with van der Waals surface area (Å²) in [7, 11) is 12.4.